The third kappa shape index (κ3) is 1.65. The van der Waals surface area contributed by atoms with Crippen molar-refractivity contribution in [3.8, 4) is 0 Å². The lowest BCUT2D eigenvalue weighted by atomic mass is 9.32. The van der Waals surface area contributed by atoms with Crippen molar-refractivity contribution in [2.24, 2.45) is 16.7 Å². The first kappa shape index (κ1) is 17.7. The molecule has 2 aliphatic heterocycles. The molecular weight excluding hydrogens is 352 g/mol. The molecule has 4 unspecified atom stereocenters. The fourth-order valence-electron chi connectivity index (χ4n) is 6.56. The lowest BCUT2D eigenvalue weighted by Gasteiger charge is -2.68. The molecule has 0 bridgehead atoms. The van der Waals surface area contributed by atoms with Crippen LogP contribution < -0.4 is 0 Å². The molecule has 2 aliphatic carbocycles. The molecule has 4 heteroatoms. The number of unbranched alkanes of at least 4 members (excludes halogenated alkanes) is 1. The van der Waals surface area contributed by atoms with Crippen molar-refractivity contribution in [1.29, 1.82) is 0 Å². The highest BCUT2D eigenvalue weighted by Crippen LogP contribution is 2.83. The van der Waals surface area contributed by atoms with Gasteiger partial charge in [-0.15, -0.1) is 0 Å². The van der Waals surface area contributed by atoms with Crippen LogP contribution in [0.4, 0.5) is 0 Å². The quantitative estimate of drug-likeness (QED) is 0.544. The molecule has 0 aromatic heterocycles. The molecule has 1 aromatic rings. The molecule has 2 fully saturated rings. The van der Waals surface area contributed by atoms with Gasteiger partial charge in [0.1, 0.15) is 11.2 Å². The summed E-state index contributed by atoms with van der Waals surface area (Å²) in [5, 5.41) is 0. The van der Waals surface area contributed by atoms with Gasteiger partial charge < -0.3 is 9.47 Å². The van der Waals surface area contributed by atoms with Gasteiger partial charge in [-0.1, -0.05) is 57.0 Å². The van der Waals surface area contributed by atoms with Crippen LogP contribution in [-0.4, -0.2) is 11.9 Å². The Morgan fingerprint density at radius 2 is 2.00 bits per heavy atom. The highest BCUT2D eigenvalue weighted by molar-refractivity contribution is 5.98. The van der Waals surface area contributed by atoms with Crippen LogP contribution >= 0.6 is 0 Å². The number of hydrogen-bond donors (Lipinski definition) is 0. The molecule has 4 aliphatic rings. The molecule has 5 rings (SSSR count). The monoisotopic (exact) mass is 378 g/mol. The van der Waals surface area contributed by atoms with Crippen molar-refractivity contribution in [2.45, 2.75) is 58.0 Å². The summed E-state index contributed by atoms with van der Waals surface area (Å²) in [6, 6.07) is 7.70. The van der Waals surface area contributed by atoms with Crippen molar-refractivity contribution in [1.82, 2.24) is 0 Å². The van der Waals surface area contributed by atoms with Crippen molar-refractivity contribution in [3.05, 3.63) is 59.4 Å². The SMILES string of the molecule is CCC/C=C1\OC(=O)C23C=CCCC12C1(OC(=O)c2ccccc21)C3CCC. The fourth-order valence-corrected chi connectivity index (χ4v) is 6.56. The van der Waals surface area contributed by atoms with Crippen molar-refractivity contribution in [2.75, 3.05) is 0 Å². The Morgan fingerprint density at radius 3 is 2.79 bits per heavy atom. The second kappa shape index (κ2) is 5.82. The molecule has 4 nitrogen and oxygen atoms in total. The Morgan fingerprint density at radius 1 is 1.18 bits per heavy atom. The standard InChI is InChI=1S/C24H26O4/c1-3-5-13-19-23-15-9-8-14-22(23,21(26)27-19)18(10-4-2)24(23)17-12-7-6-11-16(17)20(25)28-24/h6-8,11-14,18H,3-5,9-10,15H2,1-2H3/b19-13-. The molecule has 1 aromatic carbocycles. The minimum atomic E-state index is -0.812. The van der Waals surface area contributed by atoms with Crippen LogP contribution in [0.5, 0.6) is 0 Å². The average molecular weight is 378 g/mol. The maximum absolute atomic E-state index is 13.3. The van der Waals surface area contributed by atoms with Crippen LogP contribution in [0, 0.1) is 16.7 Å². The Labute approximate surface area is 165 Å². The van der Waals surface area contributed by atoms with Gasteiger partial charge in [-0.25, -0.2) is 4.79 Å². The number of rotatable bonds is 4. The lowest BCUT2D eigenvalue weighted by Crippen LogP contribution is -2.75. The van der Waals surface area contributed by atoms with E-state index in [0.717, 1.165) is 49.8 Å². The van der Waals surface area contributed by atoms with Crippen LogP contribution in [0.3, 0.4) is 0 Å². The molecule has 0 radical (unpaired) electrons. The molecule has 1 saturated carbocycles. The molecular formula is C24H26O4. The maximum atomic E-state index is 13.3. The zero-order valence-electron chi connectivity index (χ0n) is 16.5. The van der Waals surface area contributed by atoms with Gasteiger partial charge in [-0.2, -0.15) is 0 Å². The van der Waals surface area contributed by atoms with Crippen LogP contribution in [-0.2, 0) is 19.9 Å². The predicted molar refractivity (Wildman–Crippen MR) is 104 cm³/mol. The second-order valence-electron chi connectivity index (χ2n) is 8.47. The summed E-state index contributed by atoms with van der Waals surface area (Å²) in [7, 11) is 0. The number of ether oxygens (including phenoxy) is 2. The third-order valence-electron chi connectivity index (χ3n) is 7.40. The van der Waals surface area contributed by atoms with E-state index in [1.54, 1.807) is 0 Å². The molecule has 28 heavy (non-hydrogen) atoms. The summed E-state index contributed by atoms with van der Waals surface area (Å²) in [5.41, 5.74) is -0.588. The van der Waals surface area contributed by atoms with Gasteiger partial charge in [0, 0.05) is 11.5 Å². The van der Waals surface area contributed by atoms with Crippen molar-refractivity contribution in [3.63, 3.8) is 0 Å². The summed E-state index contributed by atoms with van der Waals surface area (Å²) in [6.07, 6.45) is 11.4. The van der Waals surface area contributed by atoms with Gasteiger partial charge >= 0.3 is 11.9 Å². The van der Waals surface area contributed by atoms with Crippen molar-refractivity contribution >= 4 is 11.9 Å². The number of carbonyl (C=O) groups excluding carboxylic acids is 2. The summed E-state index contributed by atoms with van der Waals surface area (Å²) >= 11 is 0. The number of fused-ring (bicyclic) bond motifs is 2. The molecule has 146 valence electrons. The second-order valence-corrected chi connectivity index (χ2v) is 8.47. The van der Waals surface area contributed by atoms with E-state index in [1.807, 2.05) is 24.3 Å². The van der Waals surface area contributed by atoms with Gasteiger partial charge in [0.25, 0.3) is 0 Å². The van der Waals surface area contributed by atoms with Gasteiger partial charge in [0.15, 0.2) is 5.60 Å². The lowest BCUT2D eigenvalue weighted by molar-refractivity contribution is -0.270. The molecule has 0 N–H and O–H groups in total. The van der Waals surface area contributed by atoms with E-state index in [0.29, 0.717) is 5.56 Å². The molecule has 2 heterocycles. The van der Waals surface area contributed by atoms with Gasteiger partial charge in [0.2, 0.25) is 0 Å². The molecule has 1 saturated heterocycles. The first-order valence-corrected chi connectivity index (χ1v) is 10.5. The smallest absolute Gasteiger partial charge is 0.339 e. The van der Waals surface area contributed by atoms with E-state index in [9.17, 15) is 9.59 Å². The maximum Gasteiger partial charge on any atom is 0.339 e. The van der Waals surface area contributed by atoms with Gasteiger partial charge in [0.05, 0.1) is 11.0 Å². The predicted octanol–water partition coefficient (Wildman–Crippen LogP) is 5.05. The first-order chi connectivity index (χ1) is 13.6. The number of benzene rings is 1. The minimum absolute atomic E-state index is 0.103. The summed E-state index contributed by atoms with van der Waals surface area (Å²) in [6.45, 7) is 4.23. The van der Waals surface area contributed by atoms with Crippen molar-refractivity contribution < 1.29 is 19.1 Å². The highest BCUT2D eigenvalue weighted by Gasteiger charge is 2.90. The summed E-state index contributed by atoms with van der Waals surface area (Å²) < 4.78 is 12.3. The highest BCUT2D eigenvalue weighted by atomic mass is 16.6. The average Bonchev–Trinajstić information content (AvgIpc) is 3.15. The zero-order valence-corrected chi connectivity index (χ0v) is 16.5. The third-order valence-corrected chi connectivity index (χ3v) is 7.40. The largest absolute Gasteiger partial charge is 0.449 e. The number of allylic oxidation sites excluding steroid dienone is 2. The Bertz CT molecular complexity index is 928. The molecule has 1 spiro atoms. The van der Waals surface area contributed by atoms with E-state index in [4.69, 9.17) is 9.47 Å². The number of carbonyl (C=O) groups is 2. The van der Waals surface area contributed by atoms with E-state index >= 15 is 0 Å². The van der Waals surface area contributed by atoms with E-state index < -0.39 is 16.4 Å². The number of cyclic esters (lactones) is 1. The summed E-state index contributed by atoms with van der Waals surface area (Å²) in [5.74, 6) is 0.175. The fraction of sp³-hybridized carbons (Fsp3) is 0.500. The number of hydrogen-bond acceptors (Lipinski definition) is 4. The van der Waals surface area contributed by atoms with E-state index in [-0.39, 0.29) is 17.9 Å². The van der Waals surface area contributed by atoms with E-state index in [2.05, 4.69) is 32.1 Å². The normalized spacial score (nSPS) is 38.6. The van der Waals surface area contributed by atoms with Crippen LogP contribution in [0.15, 0.2) is 48.3 Å². The Balaban J connectivity index is 1.82. The van der Waals surface area contributed by atoms with Gasteiger partial charge in [-0.3, -0.25) is 4.79 Å². The zero-order chi connectivity index (χ0) is 19.6. The van der Waals surface area contributed by atoms with Gasteiger partial charge in [-0.05, 0) is 37.8 Å². The minimum Gasteiger partial charge on any atom is -0.449 e. The Hall–Kier alpha value is -2.36. The van der Waals surface area contributed by atoms with Crippen LogP contribution in [0.1, 0.15) is 68.3 Å². The first-order valence-electron chi connectivity index (χ1n) is 10.5. The van der Waals surface area contributed by atoms with E-state index in [1.165, 1.54) is 0 Å². The number of esters is 2. The summed E-state index contributed by atoms with van der Waals surface area (Å²) in [4.78, 5) is 26.2. The topological polar surface area (TPSA) is 52.6 Å². The Kier molecular flexibility index (Phi) is 3.68. The van der Waals surface area contributed by atoms with Crippen LogP contribution in [0.25, 0.3) is 0 Å². The van der Waals surface area contributed by atoms with Crippen LogP contribution in [0.2, 0.25) is 0 Å². The molecule has 4 atom stereocenters. The molecule has 0 amide bonds.